The van der Waals surface area contributed by atoms with Gasteiger partial charge in [0.25, 0.3) is 0 Å². The number of esters is 1. The van der Waals surface area contributed by atoms with Crippen LogP contribution in [0.25, 0.3) is 0 Å². The van der Waals surface area contributed by atoms with Crippen LogP contribution in [0.5, 0.6) is 0 Å². The number of likely N-dealkylation sites (N-methyl/N-ethyl adjacent to an activating group) is 1. The SMILES string of the molecule is C/C1=C\[C@@H](C)[C@H](C)OC(=O)[C@H](C)[C@H](O)[C@H](C)[C@@H](O[C@@H]2O[C@H](C)C[C@H](N(C)C)[C@H]2O)[C@@H](C)C[C@]2(CO2)C1=O. The lowest BCUT2D eigenvalue weighted by Gasteiger charge is -2.44. The quantitative estimate of drug-likeness (QED) is 0.423. The van der Waals surface area contributed by atoms with Crippen molar-refractivity contribution in [3.63, 3.8) is 0 Å². The molecule has 0 saturated carbocycles. The third-order valence-corrected chi connectivity index (χ3v) is 8.54. The van der Waals surface area contributed by atoms with Crippen LogP contribution in [0.3, 0.4) is 0 Å². The molecule has 37 heavy (non-hydrogen) atoms. The van der Waals surface area contributed by atoms with E-state index in [1.54, 1.807) is 20.8 Å². The van der Waals surface area contributed by atoms with Crippen LogP contribution in [0.1, 0.15) is 61.3 Å². The molecule has 2 N–H and O–H groups in total. The van der Waals surface area contributed by atoms with Crippen molar-refractivity contribution in [1.82, 2.24) is 4.90 Å². The van der Waals surface area contributed by atoms with Crippen molar-refractivity contribution >= 4 is 11.8 Å². The number of Topliss-reactive ketones (excluding diaryl/α,β-unsaturated/α-hetero) is 1. The summed E-state index contributed by atoms with van der Waals surface area (Å²) in [5, 5.41) is 22.4. The van der Waals surface area contributed by atoms with Gasteiger partial charge in [-0.3, -0.25) is 9.59 Å². The number of ketones is 1. The number of cyclic esters (lactones) is 1. The highest BCUT2D eigenvalue weighted by Crippen LogP contribution is 2.41. The van der Waals surface area contributed by atoms with Gasteiger partial charge in [0.1, 0.15) is 12.2 Å². The summed E-state index contributed by atoms with van der Waals surface area (Å²) in [6, 6.07) is -0.160. The molecule has 1 spiro atoms. The van der Waals surface area contributed by atoms with Crippen LogP contribution in [0.2, 0.25) is 0 Å². The summed E-state index contributed by atoms with van der Waals surface area (Å²) in [5.74, 6) is -2.35. The Hall–Kier alpha value is -1.36. The minimum Gasteiger partial charge on any atom is -0.462 e. The van der Waals surface area contributed by atoms with Crippen LogP contribution in [0.4, 0.5) is 0 Å². The number of hydrogen-bond acceptors (Lipinski definition) is 9. The largest absolute Gasteiger partial charge is 0.462 e. The molecule has 2 saturated heterocycles. The van der Waals surface area contributed by atoms with Crippen LogP contribution in [0, 0.1) is 23.7 Å². The van der Waals surface area contributed by atoms with E-state index < -0.39 is 54.1 Å². The standard InChI is InChI=1S/C28H47NO8/c1-14-10-15(2)25(32)28(13-34-28)12-16(3)24(18(5)22(30)19(6)26(33)36-20(14)7)37-27-23(31)21(29(8)9)11-17(4)35-27/h10,14,16-24,27,30-31H,11-13H2,1-9H3/b15-10+/t14-,16+,17-,18+,19-,20+,21+,22-,23-,24+,27+,28+/m1/s1. The number of epoxide rings is 1. The van der Waals surface area contributed by atoms with Gasteiger partial charge in [-0.05, 0) is 66.1 Å². The molecule has 9 nitrogen and oxygen atoms in total. The van der Waals surface area contributed by atoms with Crippen molar-refractivity contribution in [2.75, 3.05) is 20.7 Å². The van der Waals surface area contributed by atoms with E-state index in [-0.39, 0.29) is 29.8 Å². The minimum absolute atomic E-state index is 0.0858. The van der Waals surface area contributed by atoms with Gasteiger partial charge in [-0.2, -0.15) is 0 Å². The molecule has 0 aromatic carbocycles. The number of hydrogen-bond donors (Lipinski definition) is 2. The fourth-order valence-electron chi connectivity index (χ4n) is 5.80. The molecule has 0 aromatic rings. The van der Waals surface area contributed by atoms with Crippen molar-refractivity contribution in [2.45, 2.75) is 110 Å². The van der Waals surface area contributed by atoms with E-state index in [0.29, 0.717) is 25.0 Å². The number of ether oxygens (including phenoxy) is 4. The normalized spacial score (nSPS) is 47.8. The van der Waals surface area contributed by atoms with Crippen LogP contribution in [0.15, 0.2) is 11.6 Å². The fraction of sp³-hybridized carbons (Fsp3) is 0.857. The van der Waals surface area contributed by atoms with Gasteiger partial charge in [0, 0.05) is 17.9 Å². The third kappa shape index (κ3) is 6.62. The van der Waals surface area contributed by atoms with Crippen molar-refractivity contribution in [2.24, 2.45) is 23.7 Å². The van der Waals surface area contributed by atoms with Crippen LogP contribution in [-0.4, -0.2) is 96.0 Å². The van der Waals surface area contributed by atoms with Gasteiger partial charge in [-0.25, -0.2) is 0 Å². The smallest absolute Gasteiger partial charge is 0.311 e. The maximum Gasteiger partial charge on any atom is 0.311 e. The summed E-state index contributed by atoms with van der Waals surface area (Å²) in [7, 11) is 3.81. The highest BCUT2D eigenvalue weighted by molar-refractivity contribution is 6.03. The Morgan fingerprint density at radius 3 is 2.24 bits per heavy atom. The molecule has 0 unspecified atom stereocenters. The number of rotatable bonds is 3. The fourth-order valence-corrected chi connectivity index (χ4v) is 5.80. The van der Waals surface area contributed by atoms with Crippen molar-refractivity contribution < 1.29 is 38.7 Å². The maximum absolute atomic E-state index is 13.4. The van der Waals surface area contributed by atoms with Crippen molar-refractivity contribution in [3.8, 4) is 0 Å². The minimum atomic E-state index is -1.07. The molecule has 0 bridgehead atoms. The van der Waals surface area contributed by atoms with Gasteiger partial charge in [0.2, 0.25) is 0 Å². The van der Waals surface area contributed by atoms with Crippen LogP contribution < -0.4 is 0 Å². The second kappa shape index (κ2) is 11.8. The van der Waals surface area contributed by atoms with Gasteiger partial charge >= 0.3 is 5.97 Å². The Kier molecular flexibility index (Phi) is 9.63. The Bertz CT molecular complexity index is 855. The Morgan fingerprint density at radius 2 is 1.68 bits per heavy atom. The lowest BCUT2D eigenvalue weighted by molar-refractivity contribution is -0.283. The highest BCUT2D eigenvalue weighted by Gasteiger charge is 2.54. The van der Waals surface area contributed by atoms with E-state index in [9.17, 15) is 19.8 Å². The third-order valence-electron chi connectivity index (χ3n) is 8.54. The van der Waals surface area contributed by atoms with E-state index in [2.05, 4.69) is 0 Å². The van der Waals surface area contributed by atoms with E-state index in [1.807, 2.05) is 52.8 Å². The highest BCUT2D eigenvalue weighted by atomic mass is 16.7. The molecule has 3 heterocycles. The monoisotopic (exact) mass is 525 g/mol. The summed E-state index contributed by atoms with van der Waals surface area (Å²) in [5.41, 5.74) is -0.364. The average molecular weight is 526 g/mol. The molecule has 3 aliphatic heterocycles. The molecule has 9 heteroatoms. The van der Waals surface area contributed by atoms with Gasteiger partial charge < -0.3 is 34.1 Å². The molecule has 0 amide bonds. The van der Waals surface area contributed by atoms with Crippen LogP contribution >= 0.6 is 0 Å². The molecule has 3 rings (SSSR count). The van der Waals surface area contributed by atoms with E-state index in [4.69, 9.17) is 18.9 Å². The predicted octanol–water partition coefficient (Wildman–Crippen LogP) is 2.32. The molecule has 3 aliphatic rings. The molecular weight excluding hydrogens is 478 g/mol. The van der Waals surface area contributed by atoms with Gasteiger partial charge in [-0.15, -0.1) is 0 Å². The Balaban J connectivity index is 1.95. The zero-order valence-electron chi connectivity index (χ0n) is 23.8. The first-order valence-corrected chi connectivity index (χ1v) is 13.6. The predicted molar refractivity (Wildman–Crippen MR) is 138 cm³/mol. The summed E-state index contributed by atoms with van der Waals surface area (Å²) in [6.07, 6.45) is -1.27. The molecule has 0 aliphatic carbocycles. The average Bonchev–Trinajstić information content (AvgIpc) is 3.61. The van der Waals surface area contributed by atoms with E-state index in [1.165, 1.54) is 0 Å². The Morgan fingerprint density at radius 1 is 1.05 bits per heavy atom. The van der Waals surface area contributed by atoms with E-state index in [0.717, 1.165) is 0 Å². The molecule has 12 atom stereocenters. The lowest BCUT2D eigenvalue weighted by Crippen LogP contribution is -2.56. The molecule has 2 fully saturated rings. The first-order valence-electron chi connectivity index (χ1n) is 13.6. The molecule has 0 aromatic heterocycles. The van der Waals surface area contributed by atoms with E-state index >= 15 is 0 Å². The molecule has 0 radical (unpaired) electrons. The van der Waals surface area contributed by atoms with Gasteiger partial charge in [0.05, 0.1) is 30.8 Å². The summed E-state index contributed by atoms with van der Waals surface area (Å²) >= 11 is 0. The molecular formula is C28H47NO8. The summed E-state index contributed by atoms with van der Waals surface area (Å²) in [4.78, 5) is 28.3. The lowest BCUT2D eigenvalue weighted by atomic mass is 9.79. The summed E-state index contributed by atoms with van der Waals surface area (Å²) in [6.45, 7) is 13.1. The number of aliphatic hydroxyl groups excluding tert-OH is 2. The Labute approximate surface area is 221 Å². The van der Waals surface area contributed by atoms with Gasteiger partial charge in [0.15, 0.2) is 17.7 Å². The summed E-state index contributed by atoms with van der Waals surface area (Å²) < 4.78 is 23.9. The number of carbonyl (C=O) groups excluding carboxylic acids is 2. The van der Waals surface area contributed by atoms with Crippen LogP contribution in [-0.2, 0) is 28.5 Å². The zero-order valence-corrected chi connectivity index (χ0v) is 23.8. The maximum atomic E-state index is 13.4. The van der Waals surface area contributed by atoms with Crippen molar-refractivity contribution in [1.29, 1.82) is 0 Å². The number of aliphatic hydroxyl groups is 2. The second-order valence-corrected chi connectivity index (χ2v) is 12.0. The second-order valence-electron chi connectivity index (χ2n) is 12.0. The first-order chi connectivity index (χ1) is 17.2. The zero-order chi connectivity index (χ0) is 27.8. The number of nitrogens with zero attached hydrogens (tertiary/aromatic N) is 1. The first kappa shape index (κ1) is 30.2. The topological polar surface area (TPSA) is 118 Å². The van der Waals surface area contributed by atoms with Crippen molar-refractivity contribution in [3.05, 3.63) is 11.6 Å². The molecule has 212 valence electrons. The van der Waals surface area contributed by atoms with Gasteiger partial charge in [-0.1, -0.05) is 26.8 Å². The number of carbonyl (C=O) groups is 2.